The lowest BCUT2D eigenvalue weighted by Crippen LogP contribution is -2.16. The zero-order valence-electron chi connectivity index (χ0n) is 11.3. The summed E-state index contributed by atoms with van der Waals surface area (Å²) in [4.78, 5) is 0. The molecule has 1 heterocycles. The Morgan fingerprint density at radius 1 is 1.11 bits per heavy atom. The summed E-state index contributed by atoms with van der Waals surface area (Å²) in [5.74, 6) is 3.17. The second-order valence-electron chi connectivity index (χ2n) is 5.33. The molecule has 0 unspecified atom stereocenters. The predicted octanol–water partition coefficient (Wildman–Crippen LogP) is 2.97. The van der Waals surface area contributed by atoms with Gasteiger partial charge in [-0.3, -0.25) is 0 Å². The summed E-state index contributed by atoms with van der Waals surface area (Å²) in [6.45, 7) is 6.64. The quantitative estimate of drug-likeness (QED) is 0.587. The van der Waals surface area contributed by atoms with Gasteiger partial charge < -0.3 is 0 Å². The molecule has 1 aromatic heterocycles. The third-order valence-corrected chi connectivity index (χ3v) is 3.30. The van der Waals surface area contributed by atoms with Crippen LogP contribution in [0.1, 0.15) is 11.1 Å². The van der Waals surface area contributed by atoms with Crippen LogP contribution in [0.3, 0.4) is 0 Å². The first-order valence-electron chi connectivity index (χ1n) is 6.06. The van der Waals surface area contributed by atoms with Gasteiger partial charge in [0.1, 0.15) is 8.07 Å². The molecule has 19 heavy (non-hydrogen) atoms. The molecule has 4 heteroatoms. The van der Waals surface area contributed by atoms with Crippen molar-refractivity contribution in [1.82, 2.24) is 9.78 Å². The van der Waals surface area contributed by atoms with Crippen molar-refractivity contribution < 1.29 is 0 Å². The minimum Gasteiger partial charge on any atom is -0.240 e. The summed E-state index contributed by atoms with van der Waals surface area (Å²) in [5.41, 5.74) is 5.82. The third kappa shape index (κ3) is 3.58. The van der Waals surface area contributed by atoms with Crippen molar-refractivity contribution in [2.75, 3.05) is 0 Å². The molecule has 2 aromatic rings. The molecule has 0 aliphatic rings. The SMILES string of the molecule is C[Si](C)(C)C#Cc1cnn(-c2ccc(C#N)cc2)c1. The van der Waals surface area contributed by atoms with E-state index >= 15 is 0 Å². The standard InChI is InChI=1S/C15H15N3Si/c1-19(2,3)9-8-14-11-17-18(12-14)15-6-4-13(10-16)5-7-15/h4-7,11-12H,1-3H3. The van der Waals surface area contributed by atoms with Gasteiger partial charge >= 0.3 is 0 Å². The number of aromatic nitrogens is 2. The molecule has 1 aromatic carbocycles. The van der Waals surface area contributed by atoms with Crippen molar-refractivity contribution in [3.8, 4) is 23.2 Å². The van der Waals surface area contributed by atoms with Crippen LogP contribution in [0.2, 0.25) is 19.6 Å². The fraction of sp³-hybridized carbons (Fsp3) is 0.200. The Labute approximate surface area is 114 Å². The highest BCUT2D eigenvalue weighted by molar-refractivity contribution is 6.83. The van der Waals surface area contributed by atoms with Gasteiger partial charge in [0.05, 0.1) is 29.1 Å². The second-order valence-corrected chi connectivity index (χ2v) is 10.1. The summed E-state index contributed by atoms with van der Waals surface area (Å²) in [7, 11) is -1.36. The number of nitriles is 1. The first kappa shape index (κ1) is 13.1. The first-order chi connectivity index (χ1) is 8.98. The van der Waals surface area contributed by atoms with Crippen molar-refractivity contribution >= 4 is 8.07 Å². The summed E-state index contributed by atoms with van der Waals surface area (Å²) in [6.07, 6.45) is 3.68. The molecule has 0 aliphatic carbocycles. The lowest BCUT2D eigenvalue weighted by molar-refractivity contribution is 0.880. The number of benzene rings is 1. The zero-order chi connectivity index (χ0) is 13.9. The van der Waals surface area contributed by atoms with Crippen LogP contribution in [0.15, 0.2) is 36.7 Å². The van der Waals surface area contributed by atoms with Crippen LogP contribution in [-0.2, 0) is 0 Å². The van der Waals surface area contributed by atoms with E-state index in [9.17, 15) is 0 Å². The fourth-order valence-electron chi connectivity index (χ4n) is 1.48. The lowest BCUT2D eigenvalue weighted by Gasteiger charge is -2.02. The Bertz CT molecular complexity index is 673. The van der Waals surface area contributed by atoms with Gasteiger partial charge in [0.2, 0.25) is 0 Å². The van der Waals surface area contributed by atoms with E-state index in [-0.39, 0.29) is 0 Å². The van der Waals surface area contributed by atoms with Crippen LogP contribution in [0.5, 0.6) is 0 Å². The normalized spacial score (nSPS) is 10.4. The number of rotatable bonds is 1. The van der Waals surface area contributed by atoms with Crippen molar-refractivity contribution in [2.45, 2.75) is 19.6 Å². The largest absolute Gasteiger partial charge is 0.240 e. The van der Waals surface area contributed by atoms with Gasteiger partial charge in [-0.2, -0.15) is 10.4 Å². The summed E-state index contributed by atoms with van der Waals surface area (Å²) in [5, 5.41) is 13.1. The molecule has 0 spiro atoms. The molecule has 0 atom stereocenters. The van der Waals surface area contributed by atoms with Crippen LogP contribution >= 0.6 is 0 Å². The van der Waals surface area contributed by atoms with E-state index < -0.39 is 8.07 Å². The molecule has 0 radical (unpaired) electrons. The summed E-state index contributed by atoms with van der Waals surface area (Å²) >= 11 is 0. The van der Waals surface area contributed by atoms with Gasteiger partial charge in [-0.15, -0.1) is 5.54 Å². The van der Waals surface area contributed by atoms with Crippen LogP contribution < -0.4 is 0 Å². The van der Waals surface area contributed by atoms with Gasteiger partial charge in [-0.1, -0.05) is 25.6 Å². The van der Waals surface area contributed by atoms with Gasteiger partial charge in [0.25, 0.3) is 0 Å². The molecule has 0 saturated carbocycles. The number of hydrogen-bond acceptors (Lipinski definition) is 2. The molecule has 3 nitrogen and oxygen atoms in total. The predicted molar refractivity (Wildman–Crippen MR) is 78.5 cm³/mol. The molecule has 94 valence electrons. The average molecular weight is 265 g/mol. The lowest BCUT2D eigenvalue weighted by atomic mass is 10.2. The summed E-state index contributed by atoms with van der Waals surface area (Å²) in [6, 6.07) is 9.42. The Kier molecular flexibility index (Phi) is 3.55. The number of hydrogen-bond donors (Lipinski definition) is 0. The third-order valence-electron chi connectivity index (χ3n) is 2.43. The van der Waals surface area contributed by atoms with Crippen LogP contribution in [0, 0.1) is 22.8 Å². The average Bonchev–Trinajstić information content (AvgIpc) is 2.84. The highest BCUT2D eigenvalue weighted by Gasteiger charge is 2.07. The maximum absolute atomic E-state index is 8.76. The smallest absolute Gasteiger partial charge is 0.129 e. The molecule has 0 fully saturated rings. The Morgan fingerprint density at radius 3 is 2.37 bits per heavy atom. The highest BCUT2D eigenvalue weighted by Crippen LogP contribution is 2.09. The van der Waals surface area contributed by atoms with Crippen molar-refractivity contribution in [3.05, 3.63) is 47.8 Å². The first-order valence-corrected chi connectivity index (χ1v) is 9.56. The molecular weight excluding hydrogens is 250 g/mol. The highest BCUT2D eigenvalue weighted by atomic mass is 28.3. The van der Waals surface area contributed by atoms with E-state index in [4.69, 9.17) is 5.26 Å². The van der Waals surface area contributed by atoms with Crippen molar-refractivity contribution in [3.63, 3.8) is 0 Å². The number of nitrogens with zero attached hydrogens (tertiary/aromatic N) is 3. The Hall–Kier alpha value is -2.30. The van der Waals surface area contributed by atoms with Crippen LogP contribution in [0.25, 0.3) is 5.69 Å². The summed E-state index contributed by atoms with van der Waals surface area (Å²) < 4.78 is 1.77. The topological polar surface area (TPSA) is 41.6 Å². The van der Waals surface area contributed by atoms with Gasteiger partial charge in [-0.25, -0.2) is 4.68 Å². The maximum atomic E-state index is 8.76. The molecular formula is C15H15N3Si. The molecule has 0 bridgehead atoms. The second kappa shape index (κ2) is 5.13. The fourth-order valence-corrected chi connectivity index (χ4v) is 2.00. The van der Waals surface area contributed by atoms with E-state index in [1.165, 1.54) is 0 Å². The monoisotopic (exact) mass is 265 g/mol. The van der Waals surface area contributed by atoms with Gasteiger partial charge in [-0.05, 0) is 24.3 Å². The minimum absolute atomic E-state index is 0.648. The molecule has 0 N–H and O–H groups in total. The van der Waals surface area contributed by atoms with Gasteiger partial charge in [0, 0.05) is 6.20 Å². The molecule has 0 aliphatic heterocycles. The minimum atomic E-state index is -1.36. The van der Waals surface area contributed by atoms with E-state index in [1.807, 2.05) is 18.3 Å². The zero-order valence-corrected chi connectivity index (χ0v) is 12.3. The molecule has 0 saturated heterocycles. The van der Waals surface area contributed by atoms with Crippen molar-refractivity contribution in [2.24, 2.45) is 0 Å². The van der Waals surface area contributed by atoms with Crippen LogP contribution in [0.4, 0.5) is 0 Å². The Morgan fingerprint density at radius 2 is 1.79 bits per heavy atom. The van der Waals surface area contributed by atoms with E-state index in [2.05, 4.69) is 42.3 Å². The molecule has 0 amide bonds. The maximum Gasteiger partial charge on any atom is 0.129 e. The Balaban J connectivity index is 2.25. The van der Waals surface area contributed by atoms with Crippen molar-refractivity contribution in [1.29, 1.82) is 5.26 Å². The van der Waals surface area contributed by atoms with Crippen LogP contribution in [-0.4, -0.2) is 17.9 Å². The molecule has 2 rings (SSSR count). The van der Waals surface area contributed by atoms with E-state index in [0.29, 0.717) is 5.56 Å². The van der Waals surface area contributed by atoms with Gasteiger partial charge in [0.15, 0.2) is 0 Å². The van der Waals surface area contributed by atoms with E-state index in [1.54, 1.807) is 23.0 Å². The van der Waals surface area contributed by atoms with E-state index in [0.717, 1.165) is 11.3 Å².